The van der Waals surface area contributed by atoms with E-state index in [-0.39, 0.29) is 48.1 Å². The van der Waals surface area contributed by atoms with Crippen LogP contribution in [0.2, 0.25) is 0 Å². The number of likely N-dealkylation sites (tertiary alicyclic amines) is 1. The zero-order valence-electron chi connectivity index (χ0n) is 19.0. The van der Waals surface area contributed by atoms with E-state index in [2.05, 4.69) is 10.7 Å². The molecule has 35 heavy (non-hydrogen) atoms. The fourth-order valence-corrected chi connectivity index (χ4v) is 7.56. The van der Waals surface area contributed by atoms with Gasteiger partial charge in [0.15, 0.2) is 0 Å². The van der Waals surface area contributed by atoms with Gasteiger partial charge < -0.3 is 25.0 Å². The van der Waals surface area contributed by atoms with E-state index in [0.29, 0.717) is 31.6 Å². The Morgan fingerprint density at radius 3 is 2.29 bits per heavy atom. The molecule has 1 heterocycles. The Hall–Kier alpha value is -1.15. The maximum atomic E-state index is 12.7. The minimum Gasteiger partial charge on any atom is -0.323 e. The summed E-state index contributed by atoms with van der Waals surface area (Å²) in [5.41, 5.74) is -0.220. The number of amides is 3. The number of nitrogens with one attached hydrogen (secondary N) is 3. The summed E-state index contributed by atoms with van der Waals surface area (Å²) in [4.78, 5) is 74.3. The van der Waals surface area contributed by atoms with Gasteiger partial charge in [-0.05, 0) is 50.2 Å². The summed E-state index contributed by atoms with van der Waals surface area (Å²) in [6.45, 7) is -0.0718. The van der Waals surface area contributed by atoms with Gasteiger partial charge in [0.1, 0.15) is 0 Å². The lowest BCUT2D eigenvalue weighted by Crippen LogP contribution is -2.40. The molecule has 1 saturated carbocycles. The molecule has 0 aromatic carbocycles. The van der Waals surface area contributed by atoms with Gasteiger partial charge in [-0.3, -0.25) is 39.2 Å². The second-order valence-corrected chi connectivity index (χ2v) is 13.9. The van der Waals surface area contributed by atoms with Gasteiger partial charge in [-0.1, -0.05) is 0 Å². The second-order valence-electron chi connectivity index (χ2n) is 8.77. The van der Waals surface area contributed by atoms with Crippen molar-refractivity contribution in [1.29, 1.82) is 5.41 Å². The molecule has 0 aromatic rings. The molecule has 17 heteroatoms. The quantitative estimate of drug-likeness (QED) is 0.0276. The Balaban J connectivity index is 1.71. The van der Waals surface area contributed by atoms with Crippen LogP contribution in [0.25, 0.3) is 0 Å². The highest BCUT2D eigenvalue weighted by Crippen LogP contribution is 2.58. The molecule has 2 rings (SSSR count). The van der Waals surface area contributed by atoms with E-state index in [9.17, 15) is 23.5 Å². The smallest absolute Gasteiger partial charge is 0.323 e. The number of carbonyl (C=O) groups excluding carboxylic acids is 3. The van der Waals surface area contributed by atoms with Crippen molar-refractivity contribution in [1.82, 2.24) is 15.6 Å². The number of nitrogens with zero attached hydrogens (tertiary/aromatic N) is 1. The topological polar surface area (TPSA) is 243 Å². The normalized spacial score (nSPS) is 23.7. The van der Waals surface area contributed by atoms with Crippen molar-refractivity contribution in [2.45, 2.75) is 55.7 Å². The Morgan fingerprint density at radius 1 is 1.14 bits per heavy atom. The SMILES string of the molecule is N=C(CCCSC1CC(=O)N(CC2CCC(C(=O)NN)CC2)C1=O)CNC(P(=O)(O)O)P(=O)(O)O. The Labute approximate surface area is 206 Å². The number of hydrazine groups is 1. The fourth-order valence-electron chi connectivity index (χ4n) is 4.21. The largest absolute Gasteiger partial charge is 0.354 e. The van der Waals surface area contributed by atoms with Gasteiger partial charge >= 0.3 is 15.2 Å². The number of rotatable bonds is 13. The predicted octanol–water partition coefficient (Wildman–Crippen LogP) is -0.328. The number of hydrogen-bond donors (Lipinski definition) is 8. The third-order valence-corrected chi connectivity index (χ3v) is 10.8. The van der Waals surface area contributed by atoms with Crippen molar-refractivity contribution in [3.8, 4) is 0 Å². The molecule has 9 N–H and O–H groups in total. The van der Waals surface area contributed by atoms with Crippen LogP contribution in [-0.4, -0.2) is 77.5 Å². The lowest BCUT2D eigenvalue weighted by Gasteiger charge is -2.29. The van der Waals surface area contributed by atoms with E-state index in [1.807, 2.05) is 0 Å². The minimum atomic E-state index is -5.11. The first kappa shape index (κ1) is 30.1. The summed E-state index contributed by atoms with van der Waals surface area (Å²) in [7, 11) is -10.2. The van der Waals surface area contributed by atoms with Crippen molar-refractivity contribution in [2.24, 2.45) is 17.7 Å². The van der Waals surface area contributed by atoms with Gasteiger partial charge in [0.25, 0.3) is 0 Å². The molecule has 14 nitrogen and oxygen atoms in total. The van der Waals surface area contributed by atoms with Crippen LogP contribution in [0.5, 0.6) is 0 Å². The molecule has 200 valence electrons. The molecule has 0 radical (unpaired) electrons. The Kier molecular flexibility index (Phi) is 11.1. The van der Waals surface area contributed by atoms with Crippen molar-refractivity contribution < 1.29 is 43.1 Å². The van der Waals surface area contributed by atoms with E-state index in [4.69, 9.17) is 30.8 Å². The molecule has 1 aliphatic heterocycles. The highest BCUT2D eigenvalue weighted by molar-refractivity contribution is 8.00. The zero-order valence-corrected chi connectivity index (χ0v) is 21.6. The molecule has 2 fully saturated rings. The standard InChI is InChI=1S/C18H33N5O9P2S/c19-13(9-21-18(33(27,28)29)34(30,31)32)2-1-7-35-14-8-15(24)23(17(14)26)10-11-3-5-12(6-4-11)16(25)22-20/h11-12,14,18-19,21H,1-10,20H2,(H,22,25)(H2,27,28,29)(H2,30,31,32). The molecule has 1 saturated heterocycles. The maximum absolute atomic E-state index is 12.7. The van der Waals surface area contributed by atoms with Gasteiger partial charge in [0.05, 0.1) is 5.25 Å². The molecule has 3 amide bonds. The Morgan fingerprint density at radius 2 is 1.74 bits per heavy atom. The molecule has 0 spiro atoms. The fraction of sp³-hybridized carbons (Fsp3) is 0.778. The van der Waals surface area contributed by atoms with Crippen LogP contribution >= 0.6 is 27.0 Å². The first-order valence-corrected chi connectivity index (χ1v) is 15.5. The number of nitrogens with two attached hydrogens (primary N) is 1. The second kappa shape index (κ2) is 12.9. The third kappa shape index (κ3) is 9.03. The lowest BCUT2D eigenvalue weighted by atomic mass is 9.81. The first-order chi connectivity index (χ1) is 16.2. The molecule has 0 aromatic heterocycles. The van der Waals surface area contributed by atoms with Crippen LogP contribution in [-0.2, 0) is 23.5 Å². The third-order valence-electron chi connectivity index (χ3n) is 6.08. The summed E-state index contributed by atoms with van der Waals surface area (Å²) < 4.78 is 22.5. The number of carbonyl (C=O) groups is 3. The van der Waals surface area contributed by atoms with Crippen LogP contribution in [0.1, 0.15) is 44.9 Å². The van der Waals surface area contributed by atoms with Crippen LogP contribution in [0.3, 0.4) is 0 Å². The van der Waals surface area contributed by atoms with E-state index in [1.165, 1.54) is 16.7 Å². The summed E-state index contributed by atoms with van der Waals surface area (Å²) in [6.07, 6.45) is 3.50. The predicted molar refractivity (Wildman–Crippen MR) is 128 cm³/mol. The maximum Gasteiger partial charge on any atom is 0.354 e. The van der Waals surface area contributed by atoms with Crippen molar-refractivity contribution in [2.75, 3.05) is 18.8 Å². The number of thioether (sulfide) groups is 1. The molecule has 1 atom stereocenters. The van der Waals surface area contributed by atoms with Crippen molar-refractivity contribution >= 4 is 50.4 Å². The molecule has 2 aliphatic rings. The highest BCUT2D eigenvalue weighted by Gasteiger charge is 2.43. The number of hydrogen-bond acceptors (Lipinski definition) is 9. The van der Waals surface area contributed by atoms with Crippen molar-refractivity contribution in [3.05, 3.63) is 0 Å². The van der Waals surface area contributed by atoms with E-state index in [0.717, 1.165) is 12.8 Å². The summed E-state index contributed by atoms with van der Waals surface area (Å²) >= 11 is 1.30. The van der Waals surface area contributed by atoms with Gasteiger partial charge in [-0.15, -0.1) is 11.8 Å². The molecular formula is C18H33N5O9P2S. The monoisotopic (exact) mass is 557 g/mol. The lowest BCUT2D eigenvalue weighted by molar-refractivity contribution is -0.139. The zero-order chi connectivity index (χ0) is 26.4. The van der Waals surface area contributed by atoms with Crippen LogP contribution < -0.4 is 16.6 Å². The molecule has 1 unspecified atom stereocenters. The highest BCUT2D eigenvalue weighted by atomic mass is 32.2. The van der Waals surface area contributed by atoms with E-state index < -0.39 is 32.5 Å². The summed E-state index contributed by atoms with van der Waals surface area (Å²) in [5.74, 6) is 4.97. The van der Waals surface area contributed by atoms with Crippen molar-refractivity contribution in [3.63, 3.8) is 0 Å². The van der Waals surface area contributed by atoms with E-state index >= 15 is 0 Å². The van der Waals surface area contributed by atoms with Gasteiger partial charge in [0, 0.05) is 31.1 Å². The van der Waals surface area contributed by atoms with Crippen LogP contribution in [0.15, 0.2) is 0 Å². The Bertz CT molecular complexity index is 881. The van der Waals surface area contributed by atoms with E-state index in [1.54, 1.807) is 0 Å². The average Bonchev–Trinajstić information content (AvgIpc) is 3.02. The van der Waals surface area contributed by atoms with Gasteiger partial charge in [0.2, 0.25) is 23.2 Å². The average molecular weight is 558 g/mol. The minimum absolute atomic E-state index is 0.00753. The molecular weight excluding hydrogens is 524 g/mol. The summed E-state index contributed by atoms with van der Waals surface area (Å²) in [6, 6.07) is 0. The number of imide groups is 1. The van der Waals surface area contributed by atoms with Crippen LogP contribution in [0.4, 0.5) is 0 Å². The van der Waals surface area contributed by atoms with Crippen LogP contribution in [0, 0.1) is 17.2 Å². The summed E-state index contributed by atoms with van der Waals surface area (Å²) in [5, 5.41) is 9.39. The first-order valence-electron chi connectivity index (χ1n) is 11.1. The van der Waals surface area contributed by atoms with Gasteiger partial charge in [-0.2, -0.15) is 0 Å². The molecule has 1 aliphatic carbocycles. The molecule has 0 bridgehead atoms. The van der Waals surface area contributed by atoms with Gasteiger partial charge in [-0.25, -0.2) is 5.84 Å².